The second kappa shape index (κ2) is 7.74. The molecule has 0 bridgehead atoms. The fraction of sp³-hybridized carbons (Fsp3) is 0.667. The first-order chi connectivity index (χ1) is 9.80. The molecule has 0 saturated heterocycles. The number of hydrogen-bond acceptors (Lipinski definition) is 5. The van der Waals surface area contributed by atoms with Crippen molar-refractivity contribution in [1.29, 1.82) is 0 Å². The van der Waals surface area contributed by atoms with Crippen molar-refractivity contribution in [3.8, 4) is 11.5 Å². The lowest BCUT2D eigenvalue weighted by molar-refractivity contribution is 0.342. The highest BCUT2D eigenvalue weighted by Crippen LogP contribution is 2.30. The van der Waals surface area contributed by atoms with Gasteiger partial charge >= 0.3 is 0 Å². The molecule has 0 spiro atoms. The van der Waals surface area contributed by atoms with Crippen LogP contribution in [0.15, 0.2) is 12.3 Å². The number of nitrogens with zero attached hydrogens (tertiary/aromatic N) is 1. The van der Waals surface area contributed by atoms with Crippen LogP contribution >= 0.6 is 11.8 Å². The molecular formula is C15H24N2O2S. The largest absolute Gasteiger partial charge is 0.493 e. The monoisotopic (exact) mass is 296 g/mol. The summed E-state index contributed by atoms with van der Waals surface area (Å²) in [5, 5.41) is 4.35. The fourth-order valence-corrected chi connectivity index (χ4v) is 3.78. The van der Waals surface area contributed by atoms with Gasteiger partial charge < -0.3 is 14.8 Å². The van der Waals surface area contributed by atoms with Crippen LogP contribution in [0.5, 0.6) is 11.5 Å². The first-order valence-corrected chi connectivity index (χ1v) is 8.41. The molecular weight excluding hydrogens is 272 g/mol. The highest BCUT2D eigenvalue weighted by Gasteiger charge is 2.24. The van der Waals surface area contributed by atoms with Crippen LogP contribution in [0.1, 0.15) is 31.4 Å². The number of hydrogen-bond donors (Lipinski definition) is 1. The molecule has 1 saturated carbocycles. The first-order valence-electron chi connectivity index (χ1n) is 7.12. The van der Waals surface area contributed by atoms with Crippen molar-refractivity contribution in [2.24, 2.45) is 0 Å². The molecule has 1 N–H and O–H groups in total. The summed E-state index contributed by atoms with van der Waals surface area (Å²) in [6.45, 7) is 0.724. The number of nitrogens with one attached hydrogen (secondary N) is 1. The molecule has 1 fully saturated rings. The minimum absolute atomic E-state index is 0.566. The third-order valence-corrected chi connectivity index (χ3v) is 5.07. The lowest BCUT2D eigenvalue weighted by atomic mass is 9.95. The summed E-state index contributed by atoms with van der Waals surface area (Å²) in [4.78, 5) is 4.42. The van der Waals surface area contributed by atoms with Crippen LogP contribution in [0.25, 0.3) is 0 Å². The standard InChI is InChI=1S/C15H24N2O2S/c1-18-13-8-9-16-12(15(13)19-2)10-17-11-6-4-5-7-14(11)20-3/h8-9,11,14,17H,4-7,10H2,1-3H3. The number of aromatic nitrogens is 1. The van der Waals surface area contributed by atoms with E-state index in [0.717, 1.165) is 23.7 Å². The summed E-state index contributed by atoms with van der Waals surface area (Å²) in [5.41, 5.74) is 0.914. The van der Waals surface area contributed by atoms with E-state index in [1.807, 2.05) is 17.8 Å². The Morgan fingerprint density at radius 1 is 1.30 bits per heavy atom. The molecule has 1 aliphatic carbocycles. The van der Waals surface area contributed by atoms with Gasteiger partial charge in [0.15, 0.2) is 11.5 Å². The van der Waals surface area contributed by atoms with Crippen molar-refractivity contribution in [1.82, 2.24) is 10.3 Å². The highest BCUT2D eigenvalue weighted by molar-refractivity contribution is 7.99. The number of rotatable bonds is 6. The van der Waals surface area contributed by atoms with E-state index in [0.29, 0.717) is 11.3 Å². The van der Waals surface area contributed by atoms with Gasteiger partial charge in [0.25, 0.3) is 0 Å². The SMILES string of the molecule is COc1ccnc(CNC2CCCCC2SC)c1OC. The maximum absolute atomic E-state index is 5.43. The lowest BCUT2D eigenvalue weighted by Gasteiger charge is -2.31. The Labute approximate surface area is 125 Å². The van der Waals surface area contributed by atoms with Crippen molar-refractivity contribution >= 4 is 11.8 Å². The number of pyridine rings is 1. The van der Waals surface area contributed by atoms with Crippen molar-refractivity contribution < 1.29 is 9.47 Å². The zero-order valence-electron chi connectivity index (χ0n) is 12.5. The maximum atomic E-state index is 5.43. The molecule has 2 atom stereocenters. The second-order valence-corrected chi connectivity index (χ2v) is 6.12. The van der Waals surface area contributed by atoms with Crippen LogP contribution in [0.4, 0.5) is 0 Å². The van der Waals surface area contributed by atoms with Crippen LogP contribution in [-0.4, -0.2) is 36.8 Å². The van der Waals surface area contributed by atoms with E-state index in [9.17, 15) is 0 Å². The Hall–Kier alpha value is -0.940. The van der Waals surface area contributed by atoms with E-state index in [4.69, 9.17) is 9.47 Å². The molecule has 0 radical (unpaired) electrons. The van der Waals surface area contributed by atoms with Gasteiger partial charge in [0.2, 0.25) is 0 Å². The first kappa shape index (κ1) is 15.4. The van der Waals surface area contributed by atoms with Crippen LogP contribution in [-0.2, 0) is 6.54 Å². The highest BCUT2D eigenvalue weighted by atomic mass is 32.2. The molecule has 1 aromatic heterocycles. The van der Waals surface area contributed by atoms with E-state index < -0.39 is 0 Å². The van der Waals surface area contributed by atoms with E-state index in [1.54, 1.807) is 20.4 Å². The molecule has 4 nitrogen and oxygen atoms in total. The third-order valence-electron chi connectivity index (χ3n) is 3.90. The molecule has 1 aromatic rings. The average Bonchev–Trinajstić information content (AvgIpc) is 2.52. The Bertz CT molecular complexity index is 428. The Kier molecular flexibility index (Phi) is 5.98. The summed E-state index contributed by atoms with van der Waals surface area (Å²) in [5.74, 6) is 1.48. The zero-order chi connectivity index (χ0) is 14.4. The molecule has 0 aliphatic heterocycles. The zero-order valence-corrected chi connectivity index (χ0v) is 13.3. The quantitative estimate of drug-likeness (QED) is 0.874. The summed E-state index contributed by atoms with van der Waals surface area (Å²) >= 11 is 1.97. The molecule has 1 heterocycles. The van der Waals surface area contributed by atoms with Crippen LogP contribution in [0.2, 0.25) is 0 Å². The molecule has 0 amide bonds. The van der Waals surface area contributed by atoms with E-state index in [-0.39, 0.29) is 0 Å². The normalized spacial score (nSPS) is 22.6. The predicted octanol–water partition coefficient (Wildman–Crippen LogP) is 2.86. The minimum Gasteiger partial charge on any atom is -0.493 e. The minimum atomic E-state index is 0.566. The molecule has 0 aromatic carbocycles. The molecule has 2 rings (SSSR count). The smallest absolute Gasteiger partial charge is 0.183 e. The van der Waals surface area contributed by atoms with Crippen molar-refractivity contribution in [3.63, 3.8) is 0 Å². The molecule has 1 aliphatic rings. The van der Waals surface area contributed by atoms with Crippen molar-refractivity contribution in [2.75, 3.05) is 20.5 Å². The maximum Gasteiger partial charge on any atom is 0.183 e. The Morgan fingerprint density at radius 2 is 2.10 bits per heavy atom. The van der Waals surface area contributed by atoms with Gasteiger partial charge in [-0.25, -0.2) is 0 Å². The second-order valence-electron chi connectivity index (χ2n) is 5.04. The number of thioether (sulfide) groups is 1. The lowest BCUT2D eigenvalue weighted by Crippen LogP contribution is -2.40. The Balaban J connectivity index is 2.03. The topological polar surface area (TPSA) is 43.4 Å². The van der Waals surface area contributed by atoms with Crippen LogP contribution in [0.3, 0.4) is 0 Å². The van der Waals surface area contributed by atoms with Gasteiger partial charge in [0.1, 0.15) is 0 Å². The van der Waals surface area contributed by atoms with E-state index in [1.165, 1.54) is 25.7 Å². The van der Waals surface area contributed by atoms with Gasteiger partial charge in [-0.1, -0.05) is 12.8 Å². The molecule has 2 unspecified atom stereocenters. The molecule has 112 valence electrons. The average molecular weight is 296 g/mol. The van der Waals surface area contributed by atoms with Crippen LogP contribution < -0.4 is 14.8 Å². The van der Waals surface area contributed by atoms with E-state index in [2.05, 4.69) is 16.6 Å². The Morgan fingerprint density at radius 3 is 2.80 bits per heavy atom. The van der Waals surface area contributed by atoms with E-state index >= 15 is 0 Å². The number of ether oxygens (including phenoxy) is 2. The van der Waals surface area contributed by atoms with Crippen molar-refractivity contribution in [3.05, 3.63) is 18.0 Å². The van der Waals surface area contributed by atoms with Gasteiger partial charge in [-0.3, -0.25) is 4.98 Å². The van der Waals surface area contributed by atoms with Crippen molar-refractivity contribution in [2.45, 2.75) is 43.5 Å². The van der Waals surface area contributed by atoms with Gasteiger partial charge in [-0.2, -0.15) is 11.8 Å². The van der Waals surface area contributed by atoms with Gasteiger partial charge in [0, 0.05) is 30.1 Å². The molecule has 20 heavy (non-hydrogen) atoms. The van der Waals surface area contributed by atoms with Gasteiger partial charge in [-0.15, -0.1) is 0 Å². The van der Waals surface area contributed by atoms with Crippen LogP contribution in [0, 0.1) is 0 Å². The summed E-state index contributed by atoms with van der Waals surface area (Å²) in [7, 11) is 3.31. The molecule has 5 heteroatoms. The number of methoxy groups -OCH3 is 2. The third kappa shape index (κ3) is 3.58. The fourth-order valence-electron chi connectivity index (χ4n) is 2.82. The summed E-state index contributed by atoms with van der Waals surface area (Å²) in [6, 6.07) is 2.39. The van der Waals surface area contributed by atoms with Gasteiger partial charge in [-0.05, 0) is 19.1 Å². The van der Waals surface area contributed by atoms with Gasteiger partial charge in [0.05, 0.1) is 19.9 Å². The summed E-state index contributed by atoms with van der Waals surface area (Å²) in [6.07, 6.45) is 9.20. The summed E-state index contributed by atoms with van der Waals surface area (Å²) < 4.78 is 10.7. The predicted molar refractivity (Wildman–Crippen MR) is 83.7 cm³/mol.